The summed E-state index contributed by atoms with van der Waals surface area (Å²) >= 11 is 0. The summed E-state index contributed by atoms with van der Waals surface area (Å²) in [6.07, 6.45) is 6.57. The zero-order chi connectivity index (χ0) is 17.5. The van der Waals surface area contributed by atoms with Crippen LogP contribution in [0.15, 0.2) is 24.4 Å². The lowest BCUT2D eigenvalue weighted by Gasteiger charge is -2.30. The van der Waals surface area contributed by atoms with Crippen molar-refractivity contribution in [3.05, 3.63) is 47.4 Å². The third-order valence-corrected chi connectivity index (χ3v) is 5.43. The highest BCUT2D eigenvalue weighted by Gasteiger charge is 2.28. The van der Waals surface area contributed by atoms with Crippen molar-refractivity contribution in [2.45, 2.75) is 51.0 Å². The summed E-state index contributed by atoms with van der Waals surface area (Å²) < 4.78 is 1.92. The zero-order valence-corrected chi connectivity index (χ0v) is 15.0. The minimum absolute atomic E-state index is 0.419. The Balaban J connectivity index is 1.25. The number of nitrogens with zero attached hydrogens (tertiary/aromatic N) is 7. The second kappa shape index (κ2) is 6.39. The quantitative estimate of drug-likeness (QED) is 0.720. The third-order valence-electron chi connectivity index (χ3n) is 5.43. The van der Waals surface area contributed by atoms with E-state index in [1.807, 2.05) is 29.8 Å². The van der Waals surface area contributed by atoms with Crippen LogP contribution in [0.4, 0.5) is 0 Å². The molecule has 2 aliphatic rings. The van der Waals surface area contributed by atoms with Gasteiger partial charge in [-0.05, 0) is 63.9 Å². The van der Waals surface area contributed by atoms with Crippen LogP contribution in [0.25, 0.3) is 5.65 Å². The predicted molar refractivity (Wildman–Crippen MR) is 96.8 cm³/mol. The van der Waals surface area contributed by atoms with Crippen molar-refractivity contribution in [2.24, 2.45) is 0 Å². The first kappa shape index (κ1) is 15.8. The molecule has 3 aromatic rings. The summed E-state index contributed by atoms with van der Waals surface area (Å²) in [7, 11) is 0. The summed E-state index contributed by atoms with van der Waals surface area (Å²) in [4.78, 5) is 11.7. The van der Waals surface area contributed by atoms with Crippen LogP contribution in [0.2, 0.25) is 0 Å². The normalized spacial score (nSPS) is 19.3. The molecule has 2 fully saturated rings. The van der Waals surface area contributed by atoms with Gasteiger partial charge in [-0.3, -0.25) is 4.90 Å². The number of piperidine rings is 1. The number of likely N-dealkylation sites (tertiary alicyclic amines) is 1. The third kappa shape index (κ3) is 3.07. The Morgan fingerprint density at radius 1 is 1.00 bits per heavy atom. The fraction of sp³-hybridized carbons (Fsp3) is 0.526. The van der Waals surface area contributed by atoms with E-state index in [9.17, 15) is 0 Å². The molecule has 3 aromatic heterocycles. The molecule has 7 nitrogen and oxygen atoms in total. The van der Waals surface area contributed by atoms with E-state index in [4.69, 9.17) is 4.98 Å². The molecule has 0 aromatic carbocycles. The Kier molecular flexibility index (Phi) is 3.89. The molecule has 1 aliphatic carbocycles. The van der Waals surface area contributed by atoms with Gasteiger partial charge in [0.05, 0.1) is 11.4 Å². The van der Waals surface area contributed by atoms with E-state index in [1.54, 1.807) is 0 Å². The fourth-order valence-electron chi connectivity index (χ4n) is 3.77. The fourth-order valence-corrected chi connectivity index (χ4v) is 3.77. The molecule has 0 spiro atoms. The number of hydrogen-bond acceptors (Lipinski definition) is 6. The number of fused-ring (bicyclic) bond motifs is 1. The number of aryl methyl sites for hydroxylation is 1. The van der Waals surface area contributed by atoms with Crippen LogP contribution >= 0.6 is 0 Å². The number of hydrogen-bond donors (Lipinski definition) is 0. The molecule has 0 radical (unpaired) electrons. The van der Waals surface area contributed by atoms with Crippen LogP contribution in [0, 0.1) is 6.92 Å². The molecule has 26 heavy (non-hydrogen) atoms. The van der Waals surface area contributed by atoms with Gasteiger partial charge in [0.15, 0.2) is 11.5 Å². The van der Waals surface area contributed by atoms with Gasteiger partial charge in [0.25, 0.3) is 0 Å². The van der Waals surface area contributed by atoms with E-state index in [1.165, 1.54) is 12.8 Å². The average Bonchev–Trinajstić information content (AvgIpc) is 3.43. The van der Waals surface area contributed by atoms with Crippen molar-refractivity contribution in [3.63, 3.8) is 0 Å². The molecule has 0 atom stereocenters. The summed E-state index contributed by atoms with van der Waals surface area (Å²) in [5.41, 5.74) is 2.97. The minimum atomic E-state index is 0.419. The molecule has 1 aliphatic heterocycles. The summed E-state index contributed by atoms with van der Waals surface area (Å²) in [5.74, 6) is 3.07. The second-order valence-corrected chi connectivity index (χ2v) is 7.53. The van der Waals surface area contributed by atoms with Crippen molar-refractivity contribution in [3.8, 4) is 0 Å². The molecule has 1 saturated heterocycles. The van der Waals surface area contributed by atoms with E-state index in [-0.39, 0.29) is 0 Å². The average molecular weight is 349 g/mol. The first-order valence-electron chi connectivity index (χ1n) is 9.49. The van der Waals surface area contributed by atoms with Crippen LogP contribution in [0.5, 0.6) is 0 Å². The molecule has 4 heterocycles. The Morgan fingerprint density at radius 2 is 1.85 bits per heavy atom. The highest BCUT2D eigenvalue weighted by Crippen LogP contribution is 2.37. The lowest BCUT2D eigenvalue weighted by Crippen LogP contribution is -2.33. The first-order valence-corrected chi connectivity index (χ1v) is 9.49. The molecular formula is C19H23N7. The minimum Gasteiger partial charge on any atom is -0.297 e. The van der Waals surface area contributed by atoms with Gasteiger partial charge in [0, 0.05) is 24.6 Å². The lowest BCUT2D eigenvalue weighted by atomic mass is 9.96. The second-order valence-electron chi connectivity index (χ2n) is 7.53. The summed E-state index contributed by atoms with van der Waals surface area (Å²) in [6.45, 7) is 5.01. The maximum absolute atomic E-state index is 4.76. The Labute approximate surface area is 152 Å². The van der Waals surface area contributed by atoms with Gasteiger partial charge in [0.1, 0.15) is 5.82 Å². The lowest BCUT2D eigenvalue weighted by molar-refractivity contribution is 0.198. The predicted octanol–water partition coefficient (Wildman–Crippen LogP) is 2.48. The molecular weight excluding hydrogens is 326 g/mol. The van der Waals surface area contributed by atoms with Crippen molar-refractivity contribution in [1.82, 2.24) is 34.7 Å². The zero-order valence-electron chi connectivity index (χ0n) is 15.0. The molecule has 7 heteroatoms. The van der Waals surface area contributed by atoms with Crippen LogP contribution in [-0.2, 0) is 6.54 Å². The monoisotopic (exact) mass is 349 g/mol. The Morgan fingerprint density at radius 3 is 2.65 bits per heavy atom. The largest absolute Gasteiger partial charge is 0.297 e. The molecule has 1 saturated carbocycles. The van der Waals surface area contributed by atoms with E-state index in [0.717, 1.165) is 61.2 Å². The van der Waals surface area contributed by atoms with Crippen LogP contribution in [0.1, 0.15) is 60.6 Å². The van der Waals surface area contributed by atoms with E-state index in [2.05, 4.69) is 31.2 Å². The standard InChI is InChI=1S/C19H23N7/c1-13-2-5-17-22-23-19(26(17)24-13)15-7-10-25(11-8-15)12-16-6-9-20-18(21-16)14-3-4-14/h2,5-6,9,14-15H,3-4,7-8,10-12H2,1H3. The first-order chi connectivity index (χ1) is 12.8. The maximum Gasteiger partial charge on any atom is 0.177 e. The van der Waals surface area contributed by atoms with Crippen LogP contribution in [0.3, 0.4) is 0 Å². The van der Waals surface area contributed by atoms with Gasteiger partial charge >= 0.3 is 0 Å². The molecule has 0 N–H and O–H groups in total. The Bertz CT molecular complexity index is 923. The van der Waals surface area contributed by atoms with Crippen LogP contribution in [-0.4, -0.2) is 47.8 Å². The SMILES string of the molecule is Cc1ccc2nnc(C3CCN(Cc4ccnc(C5CC5)n4)CC3)n2n1. The summed E-state index contributed by atoms with van der Waals surface area (Å²) in [5, 5.41) is 13.3. The molecule has 0 bridgehead atoms. The van der Waals surface area contributed by atoms with Gasteiger partial charge in [-0.15, -0.1) is 10.2 Å². The van der Waals surface area contributed by atoms with E-state index < -0.39 is 0 Å². The topological polar surface area (TPSA) is 72.1 Å². The molecule has 134 valence electrons. The highest BCUT2D eigenvalue weighted by molar-refractivity contribution is 5.36. The Hall–Kier alpha value is -2.41. The van der Waals surface area contributed by atoms with Gasteiger partial charge in [0.2, 0.25) is 0 Å². The highest BCUT2D eigenvalue weighted by atomic mass is 15.4. The van der Waals surface area contributed by atoms with E-state index >= 15 is 0 Å². The van der Waals surface area contributed by atoms with Crippen molar-refractivity contribution < 1.29 is 0 Å². The number of aromatic nitrogens is 6. The number of rotatable bonds is 4. The van der Waals surface area contributed by atoms with Gasteiger partial charge in [-0.25, -0.2) is 9.97 Å². The van der Waals surface area contributed by atoms with E-state index in [0.29, 0.717) is 11.8 Å². The maximum atomic E-state index is 4.76. The van der Waals surface area contributed by atoms with Crippen molar-refractivity contribution in [1.29, 1.82) is 0 Å². The molecule has 0 amide bonds. The smallest absolute Gasteiger partial charge is 0.177 e. The summed E-state index contributed by atoms with van der Waals surface area (Å²) in [6, 6.07) is 6.02. The van der Waals surface area contributed by atoms with Gasteiger partial charge in [-0.1, -0.05) is 0 Å². The van der Waals surface area contributed by atoms with Crippen molar-refractivity contribution >= 4 is 5.65 Å². The van der Waals surface area contributed by atoms with Crippen LogP contribution < -0.4 is 0 Å². The van der Waals surface area contributed by atoms with Crippen molar-refractivity contribution in [2.75, 3.05) is 13.1 Å². The molecule has 5 rings (SSSR count). The van der Waals surface area contributed by atoms with Gasteiger partial charge in [-0.2, -0.15) is 9.61 Å². The van der Waals surface area contributed by atoms with Gasteiger partial charge < -0.3 is 0 Å². The molecule has 0 unspecified atom stereocenters.